The number of ether oxygens (including phenoxy) is 1. The van der Waals surface area contributed by atoms with Crippen LogP contribution in [0.25, 0.3) is 0 Å². The van der Waals surface area contributed by atoms with Gasteiger partial charge in [-0.25, -0.2) is 4.79 Å². The molecule has 2 unspecified atom stereocenters. The molecule has 1 aromatic carbocycles. The largest absolute Gasteiger partial charge is 0.510 e. The molecule has 36 heavy (non-hydrogen) atoms. The molecule has 0 heterocycles. The third kappa shape index (κ3) is 3.37. The van der Waals surface area contributed by atoms with Gasteiger partial charge in [-0.05, 0) is 50.6 Å². The Hall–Kier alpha value is -3.28. The minimum Gasteiger partial charge on any atom is -0.510 e. The molecule has 1 amide bonds. The second-order valence-corrected chi connectivity index (χ2v) is 10.2. The van der Waals surface area contributed by atoms with Gasteiger partial charge < -0.3 is 30.7 Å². The van der Waals surface area contributed by atoms with E-state index < -0.39 is 70.3 Å². The summed E-state index contributed by atoms with van der Waals surface area (Å²) >= 11 is 0. The second kappa shape index (κ2) is 8.68. The number of carbonyl (C=O) groups excluding carboxylic acids is 4. The summed E-state index contributed by atoms with van der Waals surface area (Å²) in [7, 11) is 7.99. The highest BCUT2D eigenvalue weighted by Crippen LogP contribution is 2.53. The van der Waals surface area contributed by atoms with Crippen LogP contribution < -0.4 is 10.6 Å². The molecule has 1 saturated carbocycles. The van der Waals surface area contributed by atoms with Crippen LogP contribution in [0.4, 0.5) is 5.69 Å². The number of anilines is 1. The Morgan fingerprint density at radius 3 is 2.33 bits per heavy atom. The summed E-state index contributed by atoms with van der Waals surface area (Å²) in [5, 5.41) is 34.0. The average Bonchev–Trinajstić information content (AvgIpc) is 2.79. The number of likely N-dealkylation sites (N-methyl/N-ethyl adjacent to an activating group) is 1. The summed E-state index contributed by atoms with van der Waals surface area (Å²) in [6.45, 7) is 0. The highest BCUT2D eigenvalue weighted by molar-refractivity contribution is 6.23. The molecule has 1 fully saturated rings. The van der Waals surface area contributed by atoms with Crippen molar-refractivity contribution in [1.29, 1.82) is 0 Å². The van der Waals surface area contributed by atoms with Crippen LogP contribution in [0.5, 0.6) is 0 Å². The first-order chi connectivity index (χ1) is 16.8. The predicted octanol–water partition coefficient (Wildman–Crippen LogP) is -0.567. The van der Waals surface area contributed by atoms with Crippen LogP contribution in [-0.2, 0) is 20.7 Å². The Kier molecular flexibility index (Phi) is 6.22. The number of benzene rings is 1. The molecule has 0 spiro atoms. The third-order valence-corrected chi connectivity index (χ3v) is 7.92. The lowest BCUT2D eigenvalue weighted by atomic mass is 9.53. The molecule has 0 bridgehead atoms. The van der Waals surface area contributed by atoms with Gasteiger partial charge in [-0.15, -0.1) is 0 Å². The van der Waals surface area contributed by atoms with Crippen molar-refractivity contribution in [3.8, 4) is 0 Å². The lowest BCUT2D eigenvalue weighted by Crippen LogP contribution is -2.71. The topological polar surface area (TPSA) is 171 Å². The molecule has 5 N–H and O–H groups in total. The van der Waals surface area contributed by atoms with E-state index in [1.54, 1.807) is 34.3 Å². The number of nitrogens with two attached hydrogens (primary N) is 1. The first kappa shape index (κ1) is 25.8. The SMILES string of the molecule is COC(=O)c1ccc(N(C)C)c2c1C(=O)C1C(O)[C@]3(O)C(=O)C(C(N)=O)=C(O)[C@@H](N(C)C)[C@@H]3C[C@@H]1C2. The maximum Gasteiger partial charge on any atom is 0.338 e. The molecular formula is C25H31N3O8. The fourth-order valence-electron chi connectivity index (χ4n) is 6.39. The number of fused-ring (bicyclic) bond motifs is 3. The molecule has 0 saturated heterocycles. The molecule has 0 radical (unpaired) electrons. The number of Topliss-reactive ketones (excluding diaryl/α,β-unsaturated/α-hetero) is 2. The number of hydrogen-bond donors (Lipinski definition) is 4. The molecule has 6 atom stereocenters. The van der Waals surface area contributed by atoms with Crippen molar-refractivity contribution in [3.63, 3.8) is 0 Å². The molecule has 3 aliphatic rings. The zero-order valence-corrected chi connectivity index (χ0v) is 20.8. The Bertz CT molecular complexity index is 1210. The minimum absolute atomic E-state index is 0.0272. The van der Waals surface area contributed by atoms with Crippen molar-refractivity contribution in [2.75, 3.05) is 40.2 Å². The first-order valence-corrected chi connectivity index (χ1v) is 11.6. The molecular weight excluding hydrogens is 470 g/mol. The van der Waals surface area contributed by atoms with E-state index in [4.69, 9.17) is 10.5 Å². The quantitative estimate of drug-likeness (QED) is 0.309. The van der Waals surface area contributed by atoms with Crippen LogP contribution in [0.3, 0.4) is 0 Å². The van der Waals surface area contributed by atoms with E-state index in [0.29, 0.717) is 11.3 Å². The molecule has 4 rings (SSSR count). The maximum absolute atomic E-state index is 13.9. The number of methoxy groups -OCH3 is 1. The highest BCUT2D eigenvalue weighted by atomic mass is 16.5. The fourth-order valence-corrected chi connectivity index (χ4v) is 6.39. The Labute approximate surface area is 208 Å². The third-order valence-electron chi connectivity index (χ3n) is 7.92. The van der Waals surface area contributed by atoms with E-state index in [1.165, 1.54) is 18.1 Å². The van der Waals surface area contributed by atoms with Gasteiger partial charge in [0.2, 0.25) is 5.78 Å². The summed E-state index contributed by atoms with van der Waals surface area (Å²) in [5.74, 6) is -7.13. The summed E-state index contributed by atoms with van der Waals surface area (Å²) < 4.78 is 4.87. The van der Waals surface area contributed by atoms with E-state index in [2.05, 4.69) is 0 Å². The number of ketones is 2. The van der Waals surface area contributed by atoms with E-state index in [9.17, 15) is 34.5 Å². The Morgan fingerprint density at radius 1 is 1.17 bits per heavy atom. The van der Waals surface area contributed by atoms with E-state index >= 15 is 0 Å². The zero-order chi connectivity index (χ0) is 26.9. The van der Waals surface area contributed by atoms with Gasteiger partial charge in [0.05, 0.1) is 24.6 Å². The molecule has 1 aromatic rings. The predicted molar refractivity (Wildman–Crippen MR) is 128 cm³/mol. The summed E-state index contributed by atoms with van der Waals surface area (Å²) in [6.07, 6.45) is -1.55. The summed E-state index contributed by atoms with van der Waals surface area (Å²) in [4.78, 5) is 55.2. The Morgan fingerprint density at radius 2 is 1.81 bits per heavy atom. The van der Waals surface area contributed by atoms with Gasteiger partial charge in [-0.3, -0.25) is 19.3 Å². The van der Waals surface area contributed by atoms with Crippen LogP contribution in [0, 0.1) is 17.8 Å². The molecule has 11 nitrogen and oxygen atoms in total. The van der Waals surface area contributed by atoms with Gasteiger partial charge in [-0.2, -0.15) is 0 Å². The molecule has 194 valence electrons. The normalized spacial score (nSPS) is 31.5. The smallest absolute Gasteiger partial charge is 0.338 e. The number of primary amides is 1. The summed E-state index contributed by atoms with van der Waals surface area (Å²) in [5.41, 5.74) is 3.44. The fraction of sp³-hybridized carbons (Fsp3) is 0.520. The van der Waals surface area contributed by atoms with E-state index in [0.717, 1.165) is 0 Å². The van der Waals surface area contributed by atoms with Crippen molar-refractivity contribution < 1.29 is 39.2 Å². The molecule has 0 aromatic heterocycles. The van der Waals surface area contributed by atoms with Crippen molar-refractivity contribution >= 4 is 29.1 Å². The number of carbonyl (C=O) groups is 4. The van der Waals surface area contributed by atoms with Gasteiger partial charge in [0.25, 0.3) is 5.91 Å². The number of esters is 1. The molecule has 11 heteroatoms. The average molecular weight is 502 g/mol. The van der Waals surface area contributed by atoms with Crippen molar-refractivity contribution in [1.82, 2.24) is 4.90 Å². The van der Waals surface area contributed by atoms with Gasteiger partial charge >= 0.3 is 5.97 Å². The zero-order valence-electron chi connectivity index (χ0n) is 20.8. The number of nitrogens with zero attached hydrogens (tertiary/aromatic N) is 2. The van der Waals surface area contributed by atoms with Gasteiger partial charge in [-0.1, -0.05) is 0 Å². The van der Waals surface area contributed by atoms with E-state index in [1.807, 2.05) is 4.90 Å². The second-order valence-electron chi connectivity index (χ2n) is 10.2. The van der Waals surface area contributed by atoms with Crippen molar-refractivity contribution in [2.24, 2.45) is 23.5 Å². The standard InChI is InChI=1S/C25H31N3O8/c1-27(2)14-7-6-11(24(34)36-5)16-12(14)8-10-9-13-18(28(3)4)20(30)17(23(26)33)22(32)25(13,35)21(31)15(10)19(16)29/h6-7,10,13,15,18,21,30-31,35H,8-9H2,1-5H3,(H2,26,33)/t10-,13-,15?,18-,21?,25-/m0/s1. The van der Waals surface area contributed by atoms with Crippen LogP contribution in [0.1, 0.15) is 32.7 Å². The minimum atomic E-state index is -2.55. The van der Waals surface area contributed by atoms with Crippen molar-refractivity contribution in [2.45, 2.75) is 30.6 Å². The number of rotatable bonds is 4. The molecule has 3 aliphatic carbocycles. The van der Waals surface area contributed by atoms with Crippen LogP contribution in [0.2, 0.25) is 0 Å². The Balaban J connectivity index is 1.92. The lowest BCUT2D eigenvalue weighted by molar-refractivity contribution is -0.190. The van der Waals surface area contributed by atoms with Gasteiger partial charge in [0.15, 0.2) is 11.4 Å². The lowest BCUT2D eigenvalue weighted by Gasteiger charge is -2.55. The number of hydrogen-bond acceptors (Lipinski definition) is 10. The monoisotopic (exact) mass is 501 g/mol. The summed E-state index contributed by atoms with van der Waals surface area (Å²) in [6, 6.07) is 2.19. The van der Waals surface area contributed by atoms with E-state index in [-0.39, 0.29) is 24.0 Å². The highest BCUT2D eigenvalue weighted by Gasteiger charge is 2.66. The van der Waals surface area contributed by atoms with Gasteiger partial charge in [0, 0.05) is 31.3 Å². The van der Waals surface area contributed by atoms with Crippen molar-refractivity contribution in [3.05, 3.63) is 40.2 Å². The number of amides is 1. The van der Waals surface area contributed by atoms with Crippen LogP contribution in [0.15, 0.2) is 23.5 Å². The number of aliphatic hydroxyl groups is 3. The van der Waals surface area contributed by atoms with Crippen LogP contribution in [-0.4, -0.2) is 96.7 Å². The molecule has 0 aliphatic heterocycles. The van der Waals surface area contributed by atoms with Gasteiger partial charge in [0.1, 0.15) is 17.4 Å². The number of aliphatic hydroxyl groups excluding tert-OH is 2. The maximum atomic E-state index is 13.9. The first-order valence-electron chi connectivity index (χ1n) is 11.6. The van der Waals surface area contributed by atoms with Crippen LogP contribution >= 0.6 is 0 Å².